The van der Waals surface area contributed by atoms with Gasteiger partial charge in [-0.05, 0) is 24.6 Å². The lowest BCUT2D eigenvalue weighted by atomic mass is 10.1. The van der Waals surface area contributed by atoms with Crippen molar-refractivity contribution in [3.8, 4) is 5.75 Å². The van der Waals surface area contributed by atoms with E-state index in [1.54, 1.807) is 30.6 Å². The Morgan fingerprint density at radius 2 is 2.28 bits per heavy atom. The average Bonchev–Trinajstić information content (AvgIpc) is 2.74. The number of aliphatic hydroxyl groups excluding tert-OH is 1. The highest BCUT2D eigenvalue weighted by atomic mass is 35.5. The number of aromatic nitrogens is 1. The Hall–Kier alpha value is -1.10. The second kappa shape index (κ2) is 5.69. The summed E-state index contributed by atoms with van der Waals surface area (Å²) in [7, 11) is 1.56. The molecule has 0 amide bonds. The number of hydrogen-bond acceptors (Lipinski definition) is 4. The topological polar surface area (TPSA) is 42.4 Å². The van der Waals surface area contributed by atoms with Gasteiger partial charge >= 0.3 is 0 Å². The maximum absolute atomic E-state index is 10.1. The molecule has 1 atom stereocenters. The molecule has 1 N–H and O–H groups in total. The SMILES string of the molecule is COc1ccc(C(O)Cc2csc(C)n2)cc1Cl. The zero-order valence-electron chi connectivity index (χ0n) is 10.2. The monoisotopic (exact) mass is 283 g/mol. The maximum atomic E-state index is 10.1. The van der Waals surface area contributed by atoms with Crippen molar-refractivity contribution in [2.24, 2.45) is 0 Å². The zero-order chi connectivity index (χ0) is 13.1. The lowest BCUT2D eigenvalue weighted by Crippen LogP contribution is -2.02. The fourth-order valence-electron chi connectivity index (χ4n) is 1.71. The van der Waals surface area contributed by atoms with E-state index in [2.05, 4.69) is 4.98 Å². The first-order valence-corrected chi connectivity index (χ1v) is 6.78. The van der Waals surface area contributed by atoms with Gasteiger partial charge in [0.05, 0.1) is 28.9 Å². The van der Waals surface area contributed by atoms with Crippen molar-refractivity contribution in [1.29, 1.82) is 0 Å². The standard InChI is InChI=1S/C13H14ClNO2S/c1-8-15-10(7-18-8)6-12(16)9-3-4-13(17-2)11(14)5-9/h3-5,7,12,16H,6H2,1-2H3. The molecular formula is C13H14ClNO2S. The predicted octanol–water partition coefficient (Wildman–Crippen LogP) is 3.39. The molecule has 0 saturated heterocycles. The number of hydrogen-bond donors (Lipinski definition) is 1. The van der Waals surface area contributed by atoms with Crippen LogP contribution in [-0.4, -0.2) is 17.2 Å². The molecule has 1 aromatic carbocycles. The summed E-state index contributed by atoms with van der Waals surface area (Å²) in [6.45, 7) is 1.95. The van der Waals surface area contributed by atoms with E-state index >= 15 is 0 Å². The van der Waals surface area contributed by atoms with Crippen molar-refractivity contribution in [1.82, 2.24) is 4.98 Å². The largest absolute Gasteiger partial charge is 0.495 e. The van der Waals surface area contributed by atoms with E-state index in [4.69, 9.17) is 16.3 Å². The van der Waals surface area contributed by atoms with Crippen LogP contribution in [0.3, 0.4) is 0 Å². The van der Waals surface area contributed by atoms with Gasteiger partial charge in [0.1, 0.15) is 5.75 Å². The quantitative estimate of drug-likeness (QED) is 0.935. The van der Waals surface area contributed by atoms with Crippen LogP contribution in [0.25, 0.3) is 0 Å². The minimum atomic E-state index is -0.602. The number of aryl methyl sites for hydroxylation is 1. The average molecular weight is 284 g/mol. The molecule has 2 rings (SSSR count). The third kappa shape index (κ3) is 3.02. The lowest BCUT2D eigenvalue weighted by Gasteiger charge is -2.11. The summed E-state index contributed by atoms with van der Waals surface area (Å²) in [4.78, 5) is 4.33. The summed E-state index contributed by atoms with van der Waals surface area (Å²) >= 11 is 7.61. The minimum Gasteiger partial charge on any atom is -0.495 e. The van der Waals surface area contributed by atoms with Crippen LogP contribution >= 0.6 is 22.9 Å². The first-order chi connectivity index (χ1) is 8.60. The smallest absolute Gasteiger partial charge is 0.137 e. The first kappa shape index (κ1) is 13.3. The van der Waals surface area contributed by atoms with Crippen LogP contribution in [0, 0.1) is 6.92 Å². The van der Waals surface area contributed by atoms with E-state index in [9.17, 15) is 5.11 Å². The van der Waals surface area contributed by atoms with Crippen LogP contribution in [0.2, 0.25) is 5.02 Å². The van der Waals surface area contributed by atoms with Gasteiger partial charge in [0.25, 0.3) is 0 Å². The number of rotatable bonds is 4. The van der Waals surface area contributed by atoms with E-state index in [1.165, 1.54) is 0 Å². The summed E-state index contributed by atoms with van der Waals surface area (Å²) in [5.41, 5.74) is 1.67. The molecular weight excluding hydrogens is 270 g/mol. The van der Waals surface area contributed by atoms with Gasteiger partial charge in [-0.1, -0.05) is 17.7 Å². The third-order valence-corrected chi connectivity index (χ3v) is 3.75. The van der Waals surface area contributed by atoms with Crippen LogP contribution in [0.4, 0.5) is 0 Å². The van der Waals surface area contributed by atoms with Gasteiger partial charge in [0.2, 0.25) is 0 Å². The molecule has 0 fully saturated rings. The fraction of sp³-hybridized carbons (Fsp3) is 0.308. The summed E-state index contributed by atoms with van der Waals surface area (Å²) in [6.07, 6.45) is -0.109. The van der Waals surface area contributed by atoms with Crippen LogP contribution in [0.1, 0.15) is 22.4 Å². The molecule has 1 heterocycles. The van der Waals surface area contributed by atoms with Crippen LogP contribution < -0.4 is 4.74 Å². The van der Waals surface area contributed by atoms with Gasteiger partial charge in [-0.25, -0.2) is 4.98 Å². The van der Waals surface area contributed by atoms with Crippen molar-refractivity contribution in [2.45, 2.75) is 19.4 Å². The number of aliphatic hydroxyl groups is 1. The lowest BCUT2D eigenvalue weighted by molar-refractivity contribution is 0.177. The molecule has 0 bridgehead atoms. The van der Waals surface area contributed by atoms with Gasteiger partial charge in [0.15, 0.2) is 0 Å². The molecule has 1 unspecified atom stereocenters. The Morgan fingerprint density at radius 1 is 1.50 bits per heavy atom. The maximum Gasteiger partial charge on any atom is 0.137 e. The van der Waals surface area contributed by atoms with Gasteiger partial charge in [-0.2, -0.15) is 0 Å². The highest BCUT2D eigenvalue weighted by Gasteiger charge is 2.12. The number of thiazole rings is 1. The molecule has 1 aromatic heterocycles. The number of nitrogens with zero attached hydrogens (tertiary/aromatic N) is 1. The second-order valence-electron chi connectivity index (χ2n) is 3.97. The molecule has 0 aliphatic heterocycles. The minimum absolute atomic E-state index is 0.493. The van der Waals surface area contributed by atoms with Gasteiger partial charge in [-0.3, -0.25) is 0 Å². The Labute approximate surface area is 115 Å². The Balaban J connectivity index is 2.13. The Bertz CT molecular complexity index is 542. The van der Waals surface area contributed by atoms with Gasteiger partial charge < -0.3 is 9.84 Å². The molecule has 2 aromatic rings. The van der Waals surface area contributed by atoms with Crippen LogP contribution in [0.15, 0.2) is 23.6 Å². The molecule has 5 heteroatoms. The highest BCUT2D eigenvalue weighted by molar-refractivity contribution is 7.09. The molecule has 0 spiro atoms. The zero-order valence-corrected chi connectivity index (χ0v) is 11.8. The van der Waals surface area contributed by atoms with E-state index in [0.29, 0.717) is 17.2 Å². The summed E-state index contributed by atoms with van der Waals surface area (Å²) < 4.78 is 5.08. The van der Waals surface area contributed by atoms with Crippen LogP contribution in [-0.2, 0) is 6.42 Å². The van der Waals surface area contributed by atoms with Gasteiger partial charge in [-0.15, -0.1) is 11.3 Å². The third-order valence-electron chi connectivity index (χ3n) is 2.63. The van der Waals surface area contributed by atoms with E-state index in [1.807, 2.05) is 18.4 Å². The number of methoxy groups -OCH3 is 1. The van der Waals surface area contributed by atoms with Crippen molar-refractivity contribution >= 4 is 22.9 Å². The fourth-order valence-corrected chi connectivity index (χ4v) is 2.60. The molecule has 0 aliphatic rings. The number of halogens is 1. The van der Waals surface area contributed by atoms with E-state index in [0.717, 1.165) is 16.3 Å². The molecule has 0 radical (unpaired) electrons. The Kier molecular flexibility index (Phi) is 4.22. The van der Waals surface area contributed by atoms with Crippen LogP contribution in [0.5, 0.6) is 5.75 Å². The number of ether oxygens (including phenoxy) is 1. The molecule has 96 valence electrons. The first-order valence-electron chi connectivity index (χ1n) is 5.52. The summed E-state index contributed by atoms with van der Waals surface area (Å²) in [6, 6.07) is 5.30. The van der Waals surface area contributed by atoms with Crippen molar-refractivity contribution < 1.29 is 9.84 Å². The number of benzene rings is 1. The van der Waals surface area contributed by atoms with Crippen molar-refractivity contribution in [2.75, 3.05) is 7.11 Å². The van der Waals surface area contributed by atoms with Crippen molar-refractivity contribution in [3.05, 3.63) is 44.9 Å². The Morgan fingerprint density at radius 3 is 2.83 bits per heavy atom. The highest BCUT2D eigenvalue weighted by Crippen LogP contribution is 2.28. The molecule has 0 saturated carbocycles. The summed E-state index contributed by atoms with van der Waals surface area (Å²) in [5.74, 6) is 0.608. The molecule has 3 nitrogen and oxygen atoms in total. The van der Waals surface area contributed by atoms with E-state index in [-0.39, 0.29) is 0 Å². The summed E-state index contributed by atoms with van der Waals surface area (Å²) in [5, 5.41) is 13.6. The normalized spacial score (nSPS) is 12.4. The second-order valence-corrected chi connectivity index (χ2v) is 5.44. The predicted molar refractivity (Wildman–Crippen MR) is 73.5 cm³/mol. The van der Waals surface area contributed by atoms with Gasteiger partial charge in [0, 0.05) is 11.8 Å². The molecule has 18 heavy (non-hydrogen) atoms. The molecule has 0 aliphatic carbocycles. The van der Waals surface area contributed by atoms with E-state index < -0.39 is 6.10 Å². The van der Waals surface area contributed by atoms with Crippen molar-refractivity contribution in [3.63, 3.8) is 0 Å².